The van der Waals surface area contributed by atoms with E-state index in [2.05, 4.69) is 15.3 Å². The summed E-state index contributed by atoms with van der Waals surface area (Å²) in [6, 6.07) is 7.13. The van der Waals surface area contributed by atoms with Crippen molar-refractivity contribution in [1.82, 2.24) is 9.97 Å². The number of rotatable bonds is 5. The van der Waals surface area contributed by atoms with Gasteiger partial charge in [-0.2, -0.15) is 0 Å². The van der Waals surface area contributed by atoms with Crippen LogP contribution < -0.4 is 14.8 Å². The fourth-order valence-corrected chi connectivity index (χ4v) is 3.08. The molecule has 0 saturated heterocycles. The molecule has 0 bridgehead atoms. The molecule has 7 heteroatoms. The Morgan fingerprint density at radius 3 is 2.52 bits per heavy atom. The topological polar surface area (TPSA) is 73.3 Å². The van der Waals surface area contributed by atoms with Crippen molar-refractivity contribution in [2.45, 2.75) is 6.92 Å². The number of pyridine rings is 1. The minimum absolute atomic E-state index is 0.274. The Labute approximate surface area is 149 Å². The molecule has 2 heterocycles. The van der Waals surface area contributed by atoms with Gasteiger partial charge < -0.3 is 9.47 Å². The number of hydrogen-bond acceptors (Lipinski definition) is 6. The van der Waals surface area contributed by atoms with Crippen LogP contribution in [0.25, 0.3) is 11.3 Å². The highest BCUT2D eigenvalue weighted by Gasteiger charge is 2.15. The van der Waals surface area contributed by atoms with E-state index >= 15 is 0 Å². The Kier molecular flexibility index (Phi) is 4.95. The summed E-state index contributed by atoms with van der Waals surface area (Å²) in [5.74, 6) is 0.920. The number of carbonyl (C=O) groups excluding carboxylic acids is 1. The van der Waals surface area contributed by atoms with Crippen LogP contribution in [0.4, 0.5) is 5.13 Å². The lowest BCUT2D eigenvalue weighted by atomic mass is 10.1. The molecule has 128 valence electrons. The van der Waals surface area contributed by atoms with Crippen LogP contribution in [0.5, 0.6) is 11.5 Å². The third-order valence-corrected chi connectivity index (χ3v) is 4.45. The van der Waals surface area contributed by atoms with Crippen molar-refractivity contribution in [3.8, 4) is 22.8 Å². The number of ether oxygens (including phenoxy) is 2. The zero-order chi connectivity index (χ0) is 17.8. The van der Waals surface area contributed by atoms with Crippen LogP contribution in [0.1, 0.15) is 15.9 Å². The molecule has 3 aromatic rings. The molecule has 0 aliphatic rings. The Morgan fingerprint density at radius 2 is 1.92 bits per heavy atom. The van der Waals surface area contributed by atoms with Gasteiger partial charge in [0.25, 0.3) is 5.91 Å². The Bertz CT molecular complexity index is 869. The fraction of sp³-hybridized carbons (Fsp3) is 0.167. The maximum Gasteiger partial charge on any atom is 0.257 e. The summed E-state index contributed by atoms with van der Waals surface area (Å²) in [6.45, 7) is 1.88. The quantitative estimate of drug-likeness (QED) is 0.754. The van der Waals surface area contributed by atoms with Gasteiger partial charge in [-0.25, -0.2) is 4.98 Å². The molecular formula is C18H17N3O3S. The number of amides is 1. The number of carbonyl (C=O) groups is 1. The minimum Gasteiger partial charge on any atom is -0.496 e. The molecule has 0 aliphatic heterocycles. The summed E-state index contributed by atoms with van der Waals surface area (Å²) in [5, 5.41) is 5.20. The van der Waals surface area contributed by atoms with Gasteiger partial charge >= 0.3 is 0 Å². The number of aromatic nitrogens is 2. The third kappa shape index (κ3) is 3.61. The normalized spacial score (nSPS) is 10.4. The van der Waals surface area contributed by atoms with Crippen molar-refractivity contribution < 1.29 is 14.3 Å². The molecule has 2 aromatic heterocycles. The summed E-state index contributed by atoms with van der Waals surface area (Å²) >= 11 is 1.36. The van der Waals surface area contributed by atoms with Crippen LogP contribution in [-0.4, -0.2) is 30.1 Å². The van der Waals surface area contributed by atoms with Gasteiger partial charge in [-0.3, -0.25) is 15.1 Å². The standard InChI is InChI=1S/C18H17N3O3S/c1-11-15(23-2)7-13(8-16(11)24-3)17(22)21-18-20-14(10-25-18)12-5-4-6-19-9-12/h4-10H,1-3H3,(H,20,21,22). The second kappa shape index (κ2) is 7.31. The molecule has 0 radical (unpaired) electrons. The molecule has 25 heavy (non-hydrogen) atoms. The largest absolute Gasteiger partial charge is 0.496 e. The Morgan fingerprint density at radius 1 is 1.20 bits per heavy atom. The van der Waals surface area contributed by atoms with Crippen molar-refractivity contribution >= 4 is 22.4 Å². The second-order valence-electron chi connectivity index (χ2n) is 5.24. The average molecular weight is 355 g/mol. The number of benzene rings is 1. The molecule has 3 rings (SSSR count). The first kappa shape index (κ1) is 16.9. The van der Waals surface area contributed by atoms with Crippen molar-refractivity contribution in [2.24, 2.45) is 0 Å². The molecule has 0 aliphatic carbocycles. The molecule has 0 fully saturated rings. The van der Waals surface area contributed by atoms with Crippen molar-refractivity contribution in [2.75, 3.05) is 19.5 Å². The van der Waals surface area contributed by atoms with E-state index in [9.17, 15) is 4.79 Å². The predicted octanol–water partition coefficient (Wildman–Crippen LogP) is 3.78. The van der Waals surface area contributed by atoms with Crippen LogP contribution >= 0.6 is 11.3 Å². The summed E-state index contributed by atoms with van der Waals surface area (Å²) < 4.78 is 10.6. The van der Waals surface area contributed by atoms with Crippen LogP contribution in [0.2, 0.25) is 0 Å². The van der Waals surface area contributed by atoms with Crippen LogP contribution in [0.3, 0.4) is 0 Å². The van der Waals surface area contributed by atoms with Gasteiger partial charge in [0, 0.05) is 34.5 Å². The summed E-state index contributed by atoms with van der Waals surface area (Å²) in [6.07, 6.45) is 3.44. The van der Waals surface area contributed by atoms with Crippen LogP contribution in [0.15, 0.2) is 42.0 Å². The number of hydrogen-bond donors (Lipinski definition) is 1. The highest BCUT2D eigenvalue weighted by molar-refractivity contribution is 7.14. The molecular weight excluding hydrogens is 338 g/mol. The molecule has 0 unspecified atom stereocenters. The molecule has 0 atom stereocenters. The smallest absolute Gasteiger partial charge is 0.257 e. The van der Waals surface area contributed by atoms with Gasteiger partial charge in [-0.15, -0.1) is 11.3 Å². The number of thiazole rings is 1. The first-order valence-corrected chi connectivity index (χ1v) is 8.40. The highest BCUT2D eigenvalue weighted by Crippen LogP contribution is 2.30. The van der Waals surface area contributed by atoms with Gasteiger partial charge in [-0.05, 0) is 31.2 Å². The van der Waals surface area contributed by atoms with Gasteiger partial charge in [0.05, 0.1) is 19.9 Å². The highest BCUT2D eigenvalue weighted by atomic mass is 32.1. The maximum absolute atomic E-state index is 12.5. The van der Waals surface area contributed by atoms with Gasteiger partial charge in [0.2, 0.25) is 0 Å². The molecule has 6 nitrogen and oxygen atoms in total. The van der Waals surface area contributed by atoms with Crippen LogP contribution in [0, 0.1) is 6.92 Å². The molecule has 1 N–H and O–H groups in total. The summed E-state index contributed by atoms with van der Waals surface area (Å²) in [4.78, 5) is 21.0. The molecule has 0 spiro atoms. The summed E-state index contributed by atoms with van der Waals surface area (Å²) in [5.41, 5.74) is 2.96. The fourth-order valence-electron chi connectivity index (χ4n) is 2.36. The van der Waals surface area contributed by atoms with E-state index in [1.807, 2.05) is 24.4 Å². The molecule has 1 aromatic carbocycles. The molecule has 1 amide bonds. The van der Waals surface area contributed by atoms with E-state index in [0.717, 1.165) is 16.8 Å². The Balaban J connectivity index is 1.82. The number of nitrogens with one attached hydrogen (secondary N) is 1. The van der Waals surface area contributed by atoms with E-state index in [-0.39, 0.29) is 5.91 Å². The van der Waals surface area contributed by atoms with E-state index in [0.29, 0.717) is 22.2 Å². The van der Waals surface area contributed by atoms with Crippen molar-refractivity contribution in [3.63, 3.8) is 0 Å². The van der Waals surface area contributed by atoms with Crippen LogP contribution in [-0.2, 0) is 0 Å². The lowest BCUT2D eigenvalue weighted by molar-refractivity contribution is 0.102. The van der Waals surface area contributed by atoms with E-state index < -0.39 is 0 Å². The minimum atomic E-state index is -0.274. The second-order valence-corrected chi connectivity index (χ2v) is 6.10. The van der Waals surface area contributed by atoms with Gasteiger partial charge in [-0.1, -0.05) is 0 Å². The monoisotopic (exact) mass is 355 g/mol. The van der Waals surface area contributed by atoms with Gasteiger partial charge in [0.1, 0.15) is 11.5 Å². The summed E-state index contributed by atoms with van der Waals surface area (Å²) in [7, 11) is 3.12. The first-order valence-electron chi connectivity index (χ1n) is 7.52. The van der Waals surface area contributed by atoms with Crippen molar-refractivity contribution in [3.05, 3.63) is 53.2 Å². The number of nitrogens with zero attached hydrogens (tertiary/aromatic N) is 2. The number of anilines is 1. The lowest BCUT2D eigenvalue weighted by Gasteiger charge is -2.12. The first-order chi connectivity index (χ1) is 12.1. The zero-order valence-corrected chi connectivity index (χ0v) is 14.9. The van der Waals surface area contributed by atoms with Gasteiger partial charge in [0.15, 0.2) is 5.13 Å². The third-order valence-electron chi connectivity index (χ3n) is 3.70. The predicted molar refractivity (Wildman–Crippen MR) is 97.6 cm³/mol. The maximum atomic E-state index is 12.5. The van der Waals surface area contributed by atoms with Crippen molar-refractivity contribution in [1.29, 1.82) is 0 Å². The lowest BCUT2D eigenvalue weighted by Crippen LogP contribution is -2.12. The average Bonchev–Trinajstić information content (AvgIpc) is 3.11. The van der Waals surface area contributed by atoms with E-state index in [1.165, 1.54) is 11.3 Å². The Hall–Kier alpha value is -2.93. The SMILES string of the molecule is COc1cc(C(=O)Nc2nc(-c3cccnc3)cs2)cc(OC)c1C. The number of methoxy groups -OCH3 is 2. The molecule has 0 saturated carbocycles. The zero-order valence-electron chi connectivity index (χ0n) is 14.1. The van der Waals surface area contributed by atoms with E-state index in [1.54, 1.807) is 38.7 Å². The van der Waals surface area contributed by atoms with E-state index in [4.69, 9.17) is 9.47 Å².